The molecule has 3 aliphatic rings. The predicted octanol–water partition coefficient (Wildman–Crippen LogP) is 1.87. The van der Waals surface area contributed by atoms with Crippen LogP contribution in [0.4, 0.5) is 5.82 Å². The minimum atomic E-state index is -4.27. The number of para-hydroxylation sites is 2. The number of nitrogens with two attached hydrogens (primary N) is 1. The quantitative estimate of drug-likeness (QED) is 0.152. The van der Waals surface area contributed by atoms with E-state index in [1.54, 1.807) is 22.8 Å². The van der Waals surface area contributed by atoms with E-state index >= 15 is 0 Å². The number of thiol groups is 2. The molecule has 0 amide bonds. The smallest absolute Gasteiger partial charge is 0.386 e. The third kappa shape index (κ3) is 5.41. The van der Waals surface area contributed by atoms with E-state index in [1.807, 2.05) is 6.07 Å². The Morgan fingerprint density at radius 1 is 0.837 bits per heavy atom. The summed E-state index contributed by atoms with van der Waals surface area (Å²) in [5.74, 6) is 0.105. The maximum absolute atomic E-state index is 13.5. The minimum Gasteiger partial charge on any atom is -0.387 e. The average molecular weight is 674 g/mol. The number of imidazole rings is 2. The van der Waals surface area contributed by atoms with Crippen LogP contribution in [-0.4, -0.2) is 89.1 Å². The van der Waals surface area contributed by atoms with E-state index < -0.39 is 75.9 Å². The molecule has 6 unspecified atom stereocenters. The molecule has 0 spiro atoms. The fourth-order valence-corrected chi connectivity index (χ4v) is 8.30. The molecule has 10 atom stereocenters. The van der Waals surface area contributed by atoms with E-state index in [9.17, 15) is 19.3 Å². The monoisotopic (exact) mass is 673 g/mol. The lowest BCUT2D eigenvalue weighted by Crippen LogP contribution is -2.35. The molecule has 21 heteroatoms. The minimum absolute atomic E-state index is 0.105. The number of fused-ring (bicyclic) bond motifs is 5. The summed E-state index contributed by atoms with van der Waals surface area (Å²) >= 11 is 8.21. The van der Waals surface area contributed by atoms with Crippen LogP contribution in [0.2, 0.25) is 0 Å². The van der Waals surface area contributed by atoms with E-state index in [0.29, 0.717) is 11.0 Å². The van der Waals surface area contributed by atoms with Crippen LogP contribution < -0.4 is 5.73 Å². The van der Waals surface area contributed by atoms with Gasteiger partial charge in [0.05, 0.1) is 36.9 Å². The number of benzene rings is 1. The summed E-state index contributed by atoms with van der Waals surface area (Å²) in [7, 11) is 0. The van der Waals surface area contributed by atoms with Gasteiger partial charge in [-0.05, 0) is 12.1 Å². The summed E-state index contributed by atoms with van der Waals surface area (Å²) in [5.41, 5.74) is 7.71. The molecule has 3 aromatic heterocycles. The zero-order valence-corrected chi connectivity index (χ0v) is 25.4. The van der Waals surface area contributed by atoms with Gasteiger partial charge in [-0.2, -0.15) is 0 Å². The van der Waals surface area contributed by atoms with Crippen molar-refractivity contribution < 1.29 is 46.9 Å². The molecule has 1 aromatic carbocycles. The van der Waals surface area contributed by atoms with Crippen LogP contribution >= 0.6 is 38.1 Å². The molecule has 7 rings (SSSR count). The highest BCUT2D eigenvalue weighted by atomic mass is 32.7. The largest absolute Gasteiger partial charge is 0.387 e. The van der Waals surface area contributed by atoms with Gasteiger partial charge in [0, 0.05) is 0 Å². The van der Waals surface area contributed by atoms with Crippen molar-refractivity contribution in [1.29, 1.82) is 0 Å². The Hall–Kier alpha value is -2.12. The second kappa shape index (κ2) is 11.0. The van der Waals surface area contributed by atoms with E-state index in [2.05, 4.69) is 44.4 Å². The number of ether oxygens (including phenoxy) is 2. The molecule has 4 N–H and O–H groups in total. The van der Waals surface area contributed by atoms with Crippen molar-refractivity contribution in [1.82, 2.24) is 29.1 Å². The van der Waals surface area contributed by atoms with Crippen LogP contribution in [0, 0.1) is 0 Å². The average Bonchev–Trinajstić information content (AvgIpc) is 3.72. The third-order valence-electron chi connectivity index (χ3n) is 7.35. The number of aromatic nitrogens is 6. The van der Waals surface area contributed by atoms with Crippen molar-refractivity contribution in [3.8, 4) is 0 Å². The van der Waals surface area contributed by atoms with Gasteiger partial charge in [-0.25, -0.2) is 29.1 Å². The molecule has 2 bridgehead atoms. The van der Waals surface area contributed by atoms with E-state index in [-0.39, 0.29) is 17.0 Å². The molecule has 43 heavy (non-hydrogen) atoms. The van der Waals surface area contributed by atoms with Gasteiger partial charge < -0.3 is 30.0 Å². The van der Waals surface area contributed by atoms with Gasteiger partial charge in [-0.15, -0.1) is 0 Å². The summed E-state index contributed by atoms with van der Waals surface area (Å²) in [6, 6.07) is 7.18. The van der Waals surface area contributed by atoms with Crippen molar-refractivity contribution in [2.24, 2.45) is 0 Å². The van der Waals surface area contributed by atoms with Crippen LogP contribution in [-0.2, 0) is 36.7 Å². The van der Waals surface area contributed by atoms with E-state index in [1.165, 1.54) is 23.5 Å². The zero-order chi connectivity index (χ0) is 30.1. The van der Waals surface area contributed by atoms with Gasteiger partial charge >= 0.3 is 13.6 Å². The van der Waals surface area contributed by atoms with Crippen LogP contribution in [0.3, 0.4) is 0 Å². The summed E-state index contributed by atoms with van der Waals surface area (Å²) < 4.78 is 64.4. The number of nitrogens with zero attached hydrogens (tertiary/aromatic N) is 6. The molecule has 3 fully saturated rings. The molecule has 6 heterocycles. The van der Waals surface area contributed by atoms with E-state index in [4.69, 9.17) is 33.3 Å². The fourth-order valence-electron chi connectivity index (χ4n) is 5.35. The van der Waals surface area contributed by atoms with Crippen LogP contribution in [0.1, 0.15) is 12.5 Å². The number of rotatable bonds is 2. The van der Waals surface area contributed by atoms with Gasteiger partial charge in [0.1, 0.15) is 48.5 Å². The number of aliphatic hydroxyl groups excluding tert-OH is 2. The molecule has 230 valence electrons. The Labute approximate surface area is 253 Å². The summed E-state index contributed by atoms with van der Waals surface area (Å²) in [4.78, 5) is 16.6. The molecule has 0 saturated carbocycles. The van der Waals surface area contributed by atoms with Crippen LogP contribution in [0.5, 0.6) is 0 Å². The van der Waals surface area contributed by atoms with Crippen molar-refractivity contribution in [3.05, 3.63) is 43.2 Å². The first-order valence-electron chi connectivity index (χ1n) is 12.8. The second-order valence-electron chi connectivity index (χ2n) is 10.0. The lowest BCUT2D eigenvalue weighted by molar-refractivity contribution is -0.0574. The molecular formula is C22H25N7O10P2S2. The summed E-state index contributed by atoms with van der Waals surface area (Å²) in [6.07, 6.45) is -6.08. The zero-order valence-electron chi connectivity index (χ0n) is 21.8. The first-order chi connectivity index (χ1) is 20.5. The lowest BCUT2D eigenvalue weighted by Gasteiger charge is -2.26. The Balaban J connectivity index is 1.20. The van der Waals surface area contributed by atoms with Crippen molar-refractivity contribution in [2.75, 3.05) is 18.9 Å². The number of aliphatic hydroxyl groups is 2. The maximum atomic E-state index is 13.5. The number of anilines is 1. The first kappa shape index (κ1) is 29.6. The molecule has 3 saturated heterocycles. The number of nitrogen functional groups attached to an aromatic ring is 1. The van der Waals surface area contributed by atoms with Gasteiger partial charge in [0.15, 0.2) is 23.9 Å². The second-order valence-corrected chi connectivity index (χ2v) is 15.8. The Morgan fingerprint density at radius 3 is 2.30 bits per heavy atom. The predicted molar refractivity (Wildman–Crippen MR) is 154 cm³/mol. The van der Waals surface area contributed by atoms with Gasteiger partial charge in [-0.3, -0.25) is 22.7 Å². The van der Waals surface area contributed by atoms with Crippen molar-refractivity contribution in [2.45, 2.75) is 49.1 Å². The standard InChI is InChI=1S/C22H25N7O10P2S2/c23-19-14-20(25-7-24-19)29(9-27-14)22-18-15(30)12(36-22)5-34-40(32,42)38-17-13(6-35-41(33,43)39-18)37-21(16(17)31)28-8-26-10-3-1-2-4-11(10)28/h1-4,7-9,12-13,15-18,21-22,30-31H,5-6H2,(H,32,42)(H,33,43)(H2,23,24,25)/t12-,13-,15?,16?,17?,18?,21-,22-,40?,41?/m1/s1. The summed E-state index contributed by atoms with van der Waals surface area (Å²) in [5, 5.41) is 22.4. The first-order valence-corrected chi connectivity index (χ1v) is 18.2. The van der Waals surface area contributed by atoms with Crippen molar-refractivity contribution >= 4 is 66.1 Å². The van der Waals surface area contributed by atoms with Crippen molar-refractivity contribution in [3.63, 3.8) is 0 Å². The Morgan fingerprint density at radius 2 is 1.51 bits per heavy atom. The normalized spacial score (nSPS) is 38.9. The van der Waals surface area contributed by atoms with Gasteiger partial charge in [0.25, 0.3) is 0 Å². The SMILES string of the molecule is Nc1ncnc2c1ncn2[C@@H]1O[C@@H]2COP(=O)(S)OC3C(O)[C@H](n4cnc5ccccc54)O[C@@H]3COP(=O)(S)OC1C2O. The highest BCUT2D eigenvalue weighted by Crippen LogP contribution is 2.60. The molecule has 4 aromatic rings. The molecule has 3 aliphatic heterocycles. The fraction of sp³-hybridized carbons (Fsp3) is 0.455. The third-order valence-corrected chi connectivity index (χ3v) is 10.6. The van der Waals surface area contributed by atoms with Crippen LogP contribution in [0.15, 0.2) is 43.2 Å². The highest BCUT2D eigenvalue weighted by molar-refractivity contribution is 8.44. The molecular weight excluding hydrogens is 648 g/mol. The van der Waals surface area contributed by atoms with E-state index in [0.717, 1.165) is 0 Å². The Kier molecular flexibility index (Phi) is 7.60. The van der Waals surface area contributed by atoms with Gasteiger partial charge in [-0.1, -0.05) is 36.6 Å². The Bertz CT molecular complexity index is 1780. The molecule has 0 aliphatic carbocycles. The summed E-state index contributed by atoms with van der Waals surface area (Å²) in [6.45, 7) is -9.48. The lowest BCUT2D eigenvalue weighted by atomic mass is 10.1. The highest BCUT2D eigenvalue weighted by Gasteiger charge is 2.53. The van der Waals surface area contributed by atoms with Crippen LogP contribution in [0.25, 0.3) is 22.2 Å². The number of hydrogen-bond donors (Lipinski definition) is 5. The topological polar surface area (TPSA) is 217 Å². The number of hydrogen-bond acceptors (Lipinski definition) is 15. The maximum Gasteiger partial charge on any atom is 0.386 e. The molecule has 17 nitrogen and oxygen atoms in total. The van der Waals surface area contributed by atoms with Gasteiger partial charge in [0.2, 0.25) is 0 Å². The molecule has 0 radical (unpaired) electrons.